The SMILES string of the molecule is CC/C=C\C/C=C\C/C=C\C/C=C\C/C=C\C/C=C\CCCCCCC(=O)NCCOP(=O)(O)OCC(O)COC(=O)CCCCCCCCC/C=C\C/C=C\C/C=C\C/C=C\C/C=C\CC. The van der Waals surface area contributed by atoms with E-state index in [1.807, 2.05) is 0 Å². The minimum Gasteiger partial charge on any atom is -0.463 e. The van der Waals surface area contributed by atoms with Crippen molar-refractivity contribution < 1.29 is 37.9 Å². The number of allylic oxidation sites excluding steroid dienone is 22. The summed E-state index contributed by atoms with van der Waals surface area (Å²) in [5, 5.41) is 12.7. The van der Waals surface area contributed by atoms with Gasteiger partial charge in [-0.1, -0.05) is 192 Å². The monoisotopic (exact) mass is 950 g/mol. The number of carbonyl (C=O) groups excluding carboxylic acids is 2. The topological polar surface area (TPSA) is 131 Å². The third-order valence-electron chi connectivity index (χ3n) is 10.1. The molecule has 0 aromatic heterocycles. The average molecular weight is 950 g/mol. The first-order valence-electron chi connectivity index (χ1n) is 25.7. The van der Waals surface area contributed by atoms with Crippen molar-refractivity contribution in [3.8, 4) is 0 Å². The zero-order valence-corrected chi connectivity index (χ0v) is 42.7. The lowest BCUT2D eigenvalue weighted by Gasteiger charge is -2.15. The summed E-state index contributed by atoms with van der Waals surface area (Å²) in [6.45, 7) is 3.26. The molecule has 2 atom stereocenters. The number of hydrogen-bond donors (Lipinski definition) is 3. The summed E-state index contributed by atoms with van der Waals surface area (Å²) in [5.74, 6) is -0.563. The van der Waals surface area contributed by atoms with Crippen molar-refractivity contribution in [2.24, 2.45) is 0 Å². The van der Waals surface area contributed by atoms with Crippen LogP contribution >= 0.6 is 7.82 Å². The molecule has 0 bridgehead atoms. The van der Waals surface area contributed by atoms with Gasteiger partial charge in [0.05, 0.1) is 13.2 Å². The first-order chi connectivity index (χ1) is 32.8. The lowest BCUT2D eigenvalue weighted by Crippen LogP contribution is -2.27. The molecule has 0 heterocycles. The molecule has 0 aliphatic rings. The highest BCUT2D eigenvalue weighted by molar-refractivity contribution is 7.47. The number of esters is 1. The van der Waals surface area contributed by atoms with Gasteiger partial charge in [-0.3, -0.25) is 18.6 Å². The fraction of sp³-hybridized carbons (Fsp3) is 0.579. The number of aliphatic hydroxyl groups excluding tert-OH is 1. The Morgan fingerprint density at radius 2 is 0.806 bits per heavy atom. The predicted molar refractivity (Wildman–Crippen MR) is 284 cm³/mol. The predicted octanol–water partition coefficient (Wildman–Crippen LogP) is 15.4. The first-order valence-corrected chi connectivity index (χ1v) is 27.2. The van der Waals surface area contributed by atoms with Gasteiger partial charge in [-0.05, 0) is 109 Å². The number of nitrogens with one attached hydrogen (secondary N) is 1. The van der Waals surface area contributed by atoms with Crippen LogP contribution in [0.5, 0.6) is 0 Å². The number of amides is 1. The van der Waals surface area contributed by atoms with E-state index in [0.717, 1.165) is 128 Å². The van der Waals surface area contributed by atoms with Crippen molar-refractivity contribution >= 4 is 19.7 Å². The molecular weight excluding hydrogens is 858 g/mol. The van der Waals surface area contributed by atoms with Gasteiger partial charge in [-0.2, -0.15) is 0 Å². The van der Waals surface area contributed by atoms with Gasteiger partial charge >= 0.3 is 13.8 Å². The molecule has 0 fully saturated rings. The Kier molecular flexibility index (Phi) is 48.6. The quantitative estimate of drug-likeness (QED) is 0.0238. The molecule has 10 heteroatoms. The van der Waals surface area contributed by atoms with Crippen molar-refractivity contribution in [2.45, 2.75) is 187 Å². The van der Waals surface area contributed by atoms with Crippen LogP contribution in [0.4, 0.5) is 0 Å². The Hall–Kier alpha value is -3.85. The van der Waals surface area contributed by atoms with E-state index in [9.17, 15) is 24.2 Å². The van der Waals surface area contributed by atoms with Gasteiger partial charge in [0, 0.05) is 19.4 Å². The van der Waals surface area contributed by atoms with Crippen molar-refractivity contribution in [3.05, 3.63) is 134 Å². The summed E-state index contributed by atoms with van der Waals surface area (Å²) < 4.78 is 27.0. The van der Waals surface area contributed by atoms with E-state index in [4.69, 9.17) is 13.8 Å². The first kappa shape index (κ1) is 63.1. The van der Waals surface area contributed by atoms with E-state index in [1.165, 1.54) is 19.3 Å². The normalized spacial score (nSPS) is 14.3. The van der Waals surface area contributed by atoms with Crippen LogP contribution in [-0.4, -0.2) is 54.3 Å². The molecule has 2 unspecified atom stereocenters. The van der Waals surface area contributed by atoms with Crippen LogP contribution in [-0.2, 0) is 27.9 Å². The van der Waals surface area contributed by atoms with E-state index in [2.05, 4.69) is 153 Å². The molecule has 0 aromatic rings. The van der Waals surface area contributed by atoms with E-state index in [0.29, 0.717) is 12.8 Å². The highest BCUT2D eigenvalue weighted by Gasteiger charge is 2.23. The van der Waals surface area contributed by atoms with Crippen LogP contribution in [0.1, 0.15) is 181 Å². The summed E-state index contributed by atoms with van der Waals surface area (Å²) >= 11 is 0. The number of rotatable bonds is 46. The number of ether oxygens (including phenoxy) is 1. The number of carbonyl (C=O) groups is 2. The Morgan fingerprint density at radius 1 is 0.463 bits per heavy atom. The molecule has 67 heavy (non-hydrogen) atoms. The van der Waals surface area contributed by atoms with Crippen LogP contribution in [0.15, 0.2) is 134 Å². The minimum absolute atomic E-state index is 0.0569. The molecular formula is C57H92NO8P. The molecule has 1 amide bonds. The second kappa shape index (κ2) is 51.5. The number of phosphoric ester groups is 1. The molecule has 0 saturated heterocycles. The Labute approximate surface area is 408 Å². The van der Waals surface area contributed by atoms with Gasteiger partial charge in [0.1, 0.15) is 12.7 Å². The van der Waals surface area contributed by atoms with Crippen LogP contribution < -0.4 is 5.32 Å². The van der Waals surface area contributed by atoms with Crippen molar-refractivity contribution in [2.75, 3.05) is 26.4 Å². The van der Waals surface area contributed by atoms with Gasteiger partial charge in [-0.25, -0.2) is 4.57 Å². The standard InChI is InChI=1S/C57H92NO8P/c1-3-5-7-9-11-13-15-17-19-21-23-25-27-29-31-33-35-37-39-41-43-45-47-49-56(60)58-51-52-65-67(62,63)66-54-55(59)53-64-57(61)50-48-46-44-42-40-38-36-34-32-30-28-26-24-22-20-18-16-14-12-10-8-6-4-2/h5-8,11-14,17-20,23-26,29-32,35,37,55,59H,3-4,9-10,15-16,21-22,27-28,33-34,36,38-54H2,1-2H3,(H,58,60)(H,62,63)/b7-5-,8-6-,13-11-,14-12-,19-17-,20-18-,25-23-,26-24-,31-29-,32-30-,37-35-. The van der Waals surface area contributed by atoms with Gasteiger partial charge in [0.15, 0.2) is 0 Å². The Morgan fingerprint density at radius 3 is 1.21 bits per heavy atom. The summed E-state index contributed by atoms with van der Waals surface area (Å²) in [6.07, 6.45) is 72.4. The van der Waals surface area contributed by atoms with Crippen molar-refractivity contribution in [1.29, 1.82) is 0 Å². The van der Waals surface area contributed by atoms with Gasteiger partial charge < -0.3 is 20.1 Å². The molecule has 0 aromatic carbocycles. The Balaban J connectivity index is 3.68. The smallest absolute Gasteiger partial charge is 0.463 e. The maximum atomic E-state index is 12.2. The van der Waals surface area contributed by atoms with Crippen LogP contribution in [0, 0.1) is 0 Å². The van der Waals surface area contributed by atoms with Gasteiger partial charge in [0.2, 0.25) is 5.91 Å². The van der Waals surface area contributed by atoms with E-state index >= 15 is 0 Å². The lowest BCUT2D eigenvalue weighted by molar-refractivity contribution is -0.147. The number of hydrogen-bond acceptors (Lipinski definition) is 7. The minimum atomic E-state index is -4.45. The van der Waals surface area contributed by atoms with E-state index in [1.54, 1.807) is 0 Å². The number of aliphatic hydroxyl groups is 1. The number of unbranched alkanes of at least 4 members (excludes halogenated alkanes) is 11. The largest absolute Gasteiger partial charge is 0.472 e. The zero-order valence-electron chi connectivity index (χ0n) is 41.8. The highest BCUT2D eigenvalue weighted by atomic mass is 31.2. The van der Waals surface area contributed by atoms with Crippen molar-refractivity contribution in [1.82, 2.24) is 5.32 Å². The molecule has 0 saturated carbocycles. The van der Waals surface area contributed by atoms with Crippen molar-refractivity contribution in [3.63, 3.8) is 0 Å². The Bertz CT molecular complexity index is 1550. The average Bonchev–Trinajstić information content (AvgIpc) is 3.32. The van der Waals surface area contributed by atoms with Crippen LogP contribution in [0.25, 0.3) is 0 Å². The summed E-state index contributed by atoms with van der Waals surface area (Å²) in [5.41, 5.74) is 0. The highest BCUT2D eigenvalue weighted by Crippen LogP contribution is 2.42. The summed E-state index contributed by atoms with van der Waals surface area (Å²) in [7, 11) is -4.45. The summed E-state index contributed by atoms with van der Waals surface area (Å²) in [4.78, 5) is 34.1. The van der Waals surface area contributed by atoms with E-state index in [-0.39, 0.29) is 32.1 Å². The fourth-order valence-corrected chi connectivity index (χ4v) is 7.05. The zero-order chi connectivity index (χ0) is 48.8. The van der Waals surface area contributed by atoms with Crippen LogP contribution in [0.3, 0.4) is 0 Å². The molecule has 9 nitrogen and oxygen atoms in total. The van der Waals surface area contributed by atoms with Crippen LogP contribution in [0.2, 0.25) is 0 Å². The summed E-state index contributed by atoms with van der Waals surface area (Å²) in [6, 6.07) is 0. The van der Waals surface area contributed by atoms with Gasteiger partial charge in [0.25, 0.3) is 0 Å². The number of phosphoric acid groups is 1. The molecule has 0 aliphatic heterocycles. The third-order valence-corrected chi connectivity index (χ3v) is 11.1. The molecule has 0 radical (unpaired) electrons. The molecule has 3 N–H and O–H groups in total. The second-order valence-electron chi connectivity index (χ2n) is 16.4. The maximum absolute atomic E-state index is 12.2. The van der Waals surface area contributed by atoms with Gasteiger partial charge in [-0.15, -0.1) is 0 Å². The second-order valence-corrected chi connectivity index (χ2v) is 17.8. The fourth-order valence-electron chi connectivity index (χ4n) is 6.29. The lowest BCUT2D eigenvalue weighted by atomic mass is 10.1. The third kappa shape index (κ3) is 53.0. The maximum Gasteiger partial charge on any atom is 0.472 e. The molecule has 0 spiro atoms. The molecule has 378 valence electrons. The molecule has 0 aliphatic carbocycles. The molecule has 0 rings (SSSR count). The van der Waals surface area contributed by atoms with E-state index < -0.39 is 26.5 Å².